The van der Waals surface area contributed by atoms with Gasteiger partial charge in [0.1, 0.15) is 11.6 Å². The Morgan fingerprint density at radius 3 is 2.29 bits per heavy atom. The molecule has 4 heterocycles. The largest absolute Gasteiger partial charge is 0.378 e. The molecule has 150 valence electrons. The first-order valence-corrected chi connectivity index (χ1v) is 9.50. The molecule has 2 aromatic rings. The van der Waals surface area contributed by atoms with Gasteiger partial charge < -0.3 is 19.4 Å². The second kappa shape index (κ2) is 7.63. The van der Waals surface area contributed by atoms with E-state index in [1.54, 1.807) is 0 Å². The second-order valence-corrected chi connectivity index (χ2v) is 7.10. The molecular weight excluding hydrogens is 362 g/mol. The SMILES string of the molecule is Cc1cc(N2CCOCC2)nc(N2CCN(c3cc(=O)n(C)c(=O)[nH]3)CC2)n1. The number of aromatic nitrogens is 4. The molecule has 10 nitrogen and oxygen atoms in total. The predicted molar refractivity (Wildman–Crippen MR) is 107 cm³/mol. The average molecular weight is 387 g/mol. The van der Waals surface area contributed by atoms with Crippen LogP contribution in [-0.4, -0.2) is 72.0 Å². The van der Waals surface area contributed by atoms with Gasteiger partial charge in [-0.2, -0.15) is 4.98 Å². The van der Waals surface area contributed by atoms with E-state index in [0.29, 0.717) is 45.2 Å². The molecule has 4 rings (SSSR count). The number of hydrogen-bond donors (Lipinski definition) is 1. The van der Waals surface area contributed by atoms with Crippen molar-refractivity contribution in [2.45, 2.75) is 6.92 Å². The summed E-state index contributed by atoms with van der Waals surface area (Å²) < 4.78 is 6.49. The van der Waals surface area contributed by atoms with Gasteiger partial charge >= 0.3 is 5.69 Å². The number of anilines is 3. The van der Waals surface area contributed by atoms with Crippen LogP contribution in [0.5, 0.6) is 0 Å². The summed E-state index contributed by atoms with van der Waals surface area (Å²) in [5.74, 6) is 2.22. The Kier molecular flexibility index (Phi) is 5.03. The predicted octanol–water partition coefficient (Wildman–Crippen LogP) is -0.665. The van der Waals surface area contributed by atoms with Gasteiger partial charge in [0.25, 0.3) is 5.56 Å². The van der Waals surface area contributed by atoms with E-state index in [4.69, 9.17) is 9.72 Å². The summed E-state index contributed by atoms with van der Waals surface area (Å²) >= 11 is 0. The van der Waals surface area contributed by atoms with E-state index in [2.05, 4.69) is 19.8 Å². The molecule has 0 unspecified atom stereocenters. The summed E-state index contributed by atoms with van der Waals surface area (Å²) in [6, 6.07) is 3.48. The van der Waals surface area contributed by atoms with Crippen molar-refractivity contribution in [3.8, 4) is 0 Å². The van der Waals surface area contributed by atoms with E-state index in [1.165, 1.54) is 13.1 Å². The first-order chi connectivity index (χ1) is 13.5. The number of hydrogen-bond acceptors (Lipinski definition) is 8. The Morgan fingerprint density at radius 1 is 0.929 bits per heavy atom. The van der Waals surface area contributed by atoms with Crippen molar-refractivity contribution < 1.29 is 4.74 Å². The summed E-state index contributed by atoms with van der Waals surface area (Å²) in [4.78, 5) is 42.3. The molecule has 0 bridgehead atoms. The highest BCUT2D eigenvalue weighted by atomic mass is 16.5. The number of rotatable bonds is 3. The highest BCUT2D eigenvalue weighted by molar-refractivity contribution is 5.48. The Bertz CT molecular complexity index is 925. The van der Waals surface area contributed by atoms with E-state index < -0.39 is 5.69 Å². The van der Waals surface area contributed by atoms with Gasteiger partial charge in [0, 0.05) is 64.1 Å². The molecule has 2 aliphatic heterocycles. The third-order valence-corrected chi connectivity index (χ3v) is 5.20. The fourth-order valence-corrected chi connectivity index (χ4v) is 3.49. The van der Waals surface area contributed by atoms with Crippen LogP contribution in [-0.2, 0) is 11.8 Å². The number of nitrogens with zero attached hydrogens (tertiary/aromatic N) is 6. The number of aryl methyl sites for hydroxylation is 1. The number of ether oxygens (including phenoxy) is 1. The molecule has 1 N–H and O–H groups in total. The molecule has 2 fully saturated rings. The van der Waals surface area contributed by atoms with E-state index in [1.807, 2.05) is 17.9 Å². The fourth-order valence-electron chi connectivity index (χ4n) is 3.49. The summed E-state index contributed by atoms with van der Waals surface area (Å²) in [6.45, 7) is 7.85. The number of piperazine rings is 1. The van der Waals surface area contributed by atoms with Crippen LogP contribution < -0.4 is 25.9 Å². The maximum atomic E-state index is 11.9. The summed E-state index contributed by atoms with van der Waals surface area (Å²) in [5, 5.41) is 0. The standard InChI is InChI=1S/C18H25N7O3/c1-13-11-14(24-7-9-28-10-8-24)20-17(19-13)25-5-3-23(4-6-25)15-12-16(26)22(2)18(27)21-15/h11-12H,3-10H2,1-2H3,(H,21,27). The first kappa shape index (κ1) is 18.5. The molecule has 0 aliphatic carbocycles. The lowest BCUT2D eigenvalue weighted by Gasteiger charge is -2.36. The second-order valence-electron chi connectivity index (χ2n) is 7.10. The van der Waals surface area contributed by atoms with Gasteiger partial charge in [-0.25, -0.2) is 9.78 Å². The van der Waals surface area contributed by atoms with E-state index in [9.17, 15) is 9.59 Å². The third kappa shape index (κ3) is 3.72. The van der Waals surface area contributed by atoms with Gasteiger partial charge in [-0.1, -0.05) is 0 Å². The van der Waals surface area contributed by atoms with Crippen LogP contribution in [0.4, 0.5) is 17.6 Å². The van der Waals surface area contributed by atoms with E-state index >= 15 is 0 Å². The minimum atomic E-state index is -0.401. The van der Waals surface area contributed by atoms with Crippen LogP contribution in [0.25, 0.3) is 0 Å². The van der Waals surface area contributed by atoms with Gasteiger partial charge in [0.05, 0.1) is 13.2 Å². The van der Waals surface area contributed by atoms with Crippen molar-refractivity contribution in [3.63, 3.8) is 0 Å². The monoisotopic (exact) mass is 387 g/mol. The average Bonchev–Trinajstić information content (AvgIpc) is 2.72. The highest BCUT2D eigenvalue weighted by Gasteiger charge is 2.22. The molecule has 0 radical (unpaired) electrons. The van der Waals surface area contributed by atoms with Crippen molar-refractivity contribution in [1.82, 2.24) is 19.5 Å². The molecule has 2 aliphatic rings. The molecule has 28 heavy (non-hydrogen) atoms. The normalized spacial score (nSPS) is 17.9. The van der Waals surface area contributed by atoms with Crippen LogP contribution in [0.15, 0.2) is 21.7 Å². The Labute approximate surface area is 162 Å². The lowest BCUT2D eigenvalue weighted by atomic mass is 10.3. The smallest absolute Gasteiger partial charge is 0.329 e. The quantitative estimate of drug-likeness (QED) is 0.741. The van der Waals surface area contributed by atoms with Crippen LogP contribution in [0, 0.1) is 6.92 Å². The van der Waals surface area contributed by atoms with Crippen LogP contribution in [0.1, 0.15) is 5.69 Å². The molecule has 0 spiro atoms. The Balaban J connectivity index is 1.48. The topological polar surface area (TPSA) is 99.6 Å². The minimum Gasteiger partial charge on any atom is -0.378 e. The Hall–Kier alpha value is -2.88. The number of aromatic amines is 1. The molecule has 0 saturated carbocycles. The molecule has 0 atom stereocenters. The van der Waals surface area contributed by atoms with Crippen LogP contribution >= 0.6 is 0 Å². The zero-order valence-electron chi connectivity index (χ0n) is 16.2. The maximum absolute atomic E-state index is 11.9. The summed E-state index contributed by atoms with van der Waals surface area (Å²) in [7, 11) is 1.46. The molecule has 0 aromatic carbocycles. The lowest BCUT2D eigenvalue weighted by molar-refractivity contribution is 0.122. The van der Waals surface area contributed by atoms with Gasteiger partial charge in [0.15, 0.2) is 0 Å². The first-order valence-electron chi connectivity index (χ1n) is 9.50. The molecule has 2 aromatic heterocycles. The van der Waals surface area contributed by atoms with Crippen molar-refractivity contribution >= 4 is 17.6 Å². The zero-order chi connectivity index (χ0) is 19.7. The Morgan fingerprint density at radius 2 is 1.61 bits per heavy atom. The summed E-state index contributed by atoms with van der Waals surface area (Å²) in [6.07, 6.45) is 0. The molecule has 10 heteroatoms. The van der Waals surface area contributed by atoms with Gasteiger partial charge in [-0.15, -0.1) is 0 Å². The third-order valence-electron chi connectivity index (χ3n) is 5.20. The highest BCUT2D eigenvalue weighted by Crippen LogP contribution is 2.20. The van der Waals surface area contributed by atoms with Crippen molar-refractivity contribution in [2.75, 3.05) is 67.2 Å². The van der Waals surface area contributed by atoms with E-state index in [0.717, 1.165) is 35.1 Å². The van der Waals surface area contributed by atoms with Crippen LogP contribution in [0.2, 0.25) is 0 Å². The minimum absolute atomic E-state index is 0.307. The molecule has 2 saturated heterocycles. The maximum Gasteiger partial charge on any atom is 0.329 e. The van der Waals surface area contributed by atoms with Crippen LogP contribution in [0.3, 0.4) is 0 Å². The number of morpholine rings is 1. The van der Waals surface area contributed by atoms with Gasteiger partial charge in [-0.3, -0.25) is 14.3 Å². The van der Waals surface area contributed by atoms with Crippen molar-refractivity contribution in [2.24, 2.45) is 7.05 Å². The van der Waals surface area contributed by atoms with Gasteiger partial charge in [0.2, 0.25) is 5.95 Å². The van der Waals surface area contributed by atoms with Gasteiger partial charge in [-0.05, 0) is 6.92 Å². The van der Waals surface area contributed by atoms with Crippen molar-refractivity contribution in [3.05, 3.63) is 38.7 Å². The summed E-state index contributed by atoms with van der Waals surface area (Å²) in [5.41, 5.74) is 0.227. The van der Waals surface area contributed by atoms with E-state index in [-0.39, 0.29) is 5.56 Å². The molecule has 0 amide bonds. The zero-order valence-corrected chi connectivity index (χ0v) is 16.2. The number of H-pyrrole nitrogens is 1. The molecular formula is C18H25N7O3. The fraction of sp³-hybridized carbons (Fsp3) is 0.556. The lowest BCUT2D eigenvalue weighted by Crippen LogP contribution is -2.48. The number of nitrogens with one attached hydrogen (secondary N) is 1. The van der Waals surface area contributed by atoms with Crippen molar-refractivity contribution in [1.29, 1.82) is 0 Å².